The second-order valence-corrected chi connectivity index (χ2v) is 24.1. The summed E-state index contributed by atoms with van der Waals surface area (Å²) in [5, 5.41) is 11.0. The van der Waals surface area contributed by atoms with Gasteiger partial charge in [0.1, 0.15) is 34.1 Å². The number of halogens is 1. The van der Waals surface area contributed by atoms with Crippen molar-refractivity contribution in [2.24, 2.45) is 0 Å². The number of hydrogen-bond acceptors (Lipinski definition) is 7. The molecule has 10 heterocycles. The number of para-hydroxylation sites is 2. The second-order valence-electron chi connectivity index (χ2n) is 23.1. The van der Waals surface area contributed by atoms with Gasteiger partial charge in [0.2, 0.25) is 0 Å². The first-order valence-corrected chi connectivity index (χ1v) is 30.4. The van der Waals surface area contributed by atoms with Gasteiger partial charge >= 0.3 is 0 Å². The molecule has 18 rings (SSSR count). The maximum absolute atomic E-state index is 12.0. The Morgan fingerprint density at radius 2 is 0.899 bits per heavy atom. The lowest BCUT2D eigenvalue weighted by atomic mass is 9.97. The van der Waals surface area contributed by atoms with Gasteiger partial charge in [-0.3, -0.25) is 27.4 Å². The van der Waals surface area contributed by atoms with Gasteiger partial charge in [-0.15, -0.1) is 0 Å². The SMILES string of the molecule is Brc1ccc2c3ccccc3n3ccnc3c2c1.Cc1cc(C)c(-c2cnc3c4cc(=O)ccc4c4[nH]cccc4n23)c(C)c1.Cc1cc(C)c(-c2cnc3c4cc(Oc5ccc6c7ccccc7n7ccnc7c6c5)ccc4c4ncccc4n23)c(C)c1. The molecule has 1 N–H and O–H groups in total. The van der Waals surface area contributed by atoms with Gasteiger partial charge in [-0.05, 0) is 178 Å². The molecule has 0 unspecified atom stereocenters. The molecule has 0 aliphatic heterocycles. The lowest BCUT2D eigenvalue weighted by Gasteiger charge is -2.15. The highest BCUT2D eigenvalue weighted by molar-refractivity contribution is 9.10. The van der Waals surface area contributed by atoms with Gasteiger partial charge in [0, 0.05) is 95.9 Å². The number of rotatable bonds is 4. The Bertz CT molecular complexity index is 6000. The van der Waals surface area contributed by atoms with Crippen LogP contribution in [0.2, 0.25) is 0 Å². The summed E-state index contributed by atoms with van der Waals surface area (Å²) >= 11 is 3.53. The monoisotopic (exact) mass is 1220 g/mol. The summed E-state index contributed by atoms with van der Waals surface area (Å²) in [7, 11) is 0. The molecule has 12 nitrogen and oxygen atoms in total. The van der Waals surface area contributed by atoms with Crippen molar-refractivity contribution in [3.8, 4) is 34.0 Å². The van der Waals surface area contributed by atoms with E-state index in [0.29, 0.717) is 0 Å². The molecular formula is C76H55BrN10O2. The highest BCUT2D eigenvalue weighted by Crippen LogP contribution is 2.40. The van der Waals surface area contributed by atoms with Crippen LogP contribution in [0.4, 0.5) is 0 Å². The molecule has 0 fully saturated rings. The molecule has 10 aromatic heterocycles. The molecule has 0 bridgehead atoms. The van der Waals surface area contributed by atoms with Crippen LogP contribution >= 0.6 is 15.9 Å². The first-order valence-electron chi connectivity index (χ1n) is 29.6. The quantitative estimate of drug-likeness (QED) is 0.174. The standard InChI is InChI=1S/C38H27N5O.C23H19N3O.C15H9BrN2/c1-22-17-23(2)35(24(3)18-22)34-21-41-38-31-20-26(11-13-29(31)36-33(43(34)38)9-6-14-39-36)44-25-10-12-27-28-7-4-5-8-32(28)42-16-15-40-37(42)30(27)19-25;1-13-9-14(2)21(15(3)10-13)20-12-25-23-18-11-16(27)6-7-17(18)22-19(26(20)23)5-4-8-24-22;16-10-5-6-11-12-3-1-2-4-14(12)18-8-7-17-15(18)13(11)9-10/h4-21H,1-3H3;4-12,24H,1-3H3;1-9H. The van der Waals surface area contributed by atoms with Gasteiger partial charge in [0.25, 0.3) is 0 Å². The Morgan fingerprint density at radius 3 is 1.51 bits per heavy atom. The lowest BCUT2D eigenvalue weighted by molar-refractivity contribution is 0.484. The molecule has 0 radical (unpaired) electrons. The van der Waals surface area contributed by atoms with Crippen LogP contribution in [0.15, 0.2) is 229 Å². The maximum atomic E-state index is 12.0. The summed E-state index contributed by atoms with van der Waals surface area (Å²) in [5.41, 5.74) is 21.8. The Labute approximate surface area is 517 Å². The van der Waals surface area contributed by atoms with Crippen LogP contribution in [0.5, 0.6) is 11.5 Å². The van der Waals surface area contributed by atoms with Gasteiger partial charge in [0.05, 0.1) is 56.9 Å². The summed E-state index contributed by atoms with van der Waals surface area (Å²) in [4.78, 5) is 39.1. The number of aryl methyl sites for hydroxylation is 6. The minimum Gasteiger partial charge on any atom is -0.457 e. The third kappa shape index (κ3) is 8.70. The summed E-state index contributed by atoms with van der Waals surface area (Å²) < 4.78 is 16.3. The van der Waals surface area contributed by atoms with Crippen LogP contribution in [-0.4, -0.2) is 47.5 Å². The number of pyridine rings is 6. The molecule has 0 atom stereocenters. The van der Waals surface area contributed by atoms with E-state index in [2.05, 4.69) is 217 Å². The van der Waals surface area contributed by atoms with Gasteiger partial charge in [-0.2, -0.15) is 0 Å². The average molecular weight is 1220 g/mol. The molecule has 0 amide bonds. The zero-order valence-corrected chi connectivity index (χ0v) is 51.1. The van der Waals surface area contributed by atoms with Crippen molar-refractivity contribution in [2.45, 2.75) is 41.5 Å². The number of nitrogens with one attached hydrogen (secondary N) is 1. The fourth-order valence-electron chi connectivity index (χ4n) is 13.9. The Morgan fingerprint density at radius 1 is 0.404 bits per heavy atom. The number of hydrogen-bond donors (Lipinski definition) is 1. The lowest BCUT2D eigenvalue weighted by Crippen LogP contribution is -2.01. The molecule has 0 saturated carbocycles. The first kappa shape index (κ1) is 53.5. The fourth-order valence-corrected chi connectivity index (χ4v) is 14.3. The van der Waals surface area contributed by atoms with E-state index in [1.165, 1.54) is 71.6 Å². The van der Waals surface area contributed by atoms with Crippen LogP contribution in [0.1, 0.15) is 33.4 Å². The predicted molar refractivity (Wildman–Crippen MR) is 366 cm³/mol. The maximum Gasteiger partial charge on any atom is 0.179 e. The molecule has 428 valence electrons. The number of imidazole rings is 4. The molecule has 0 aliphatic carbocycles. The van der Waals surface area contributed by atoms with Gasteiger partial charge < -0.3 is 9.72 Å². The van der Waals surface area contributed by atoms with E-state index >= 15 is 0 Å². The molecule has 0 aliphatic rings. The third-order valence-corrected chi connectivity index (χ3v) is 17.9. The Kier molecular flexibility index (Phi) is 12.5. The second kappa shape index (κ2) is 20.9. The Hall–Kier alpha value is -11.0. The minimum atomic E-state index is -0.00747. The number of nitrogens with zero attached hydrogens (tertiary/aromatic N) is 9. The van der Waals surface area contributed by atoms with Crippen LogP contribution in [0.3, 0.4) is 0 Å². The Balaban J connectivity index is 0.000000119. The van der Waals surface area contributed by atoms with Crippen molar-refractivity contribution in [1.82, 2.24) is 47.5 Å². The highest BCUT2D eigenvalue weighted by Gasteiger charge is 2.21. The highest BCUT2D eigenvalue weighted by atomic mass is 79.9. The predicted octanol–water partition coefficient (Wildman–Crippen LogP) is 18.7. The molecule has 13 heteroatoms. The molecule has 8 aromatic carbocycles. The van der Waals surface area contributed by atoms with E-state index < -0.39 is 0 Å². The third-order valence-electron chi connectivity index (χ3n) is 17.4. The van der Waals surface area contributed by atoms with E-state index in [1.54, 1.807) is 12.1 Å². The smallest absolute Gasteiger partial charge is 0.179 e. The van der Waals surface area contributed by atoms with Crippen LogP contribution in [0.25, 0.3) is 132 Å². The van der Waals surface area contributed by atoms with Gasteiger partial charge in [0.15, 0.2) is 5.43 Å². The zero-order chi connectivity index (χ0) is 60.3. The number of benzene rings is 8. The first-order chi connectivity index (χ1) is 43.4. The zero-order valence-electron chi connectivity index (χ0n) is 49.5. The van der Waals surface area contributed by atoms with Crippen molar-refractivity contribution in [2.75, 3.05) is 0 Å². The largest absolute Gasteiger partial charge is 0.457 e. The molecule has 89 heavy (non-hydrogen) atoms. The van der Waals surface area contributed by atoms with E-state index in [1.807, 2.05) is 79.9 Å². The van der Waals surface area contributed by atoms with E-state index in [9.17, 15) is 4.79 Å². The summed E-state index contributed by atoms with van der Waals surface area (Å²) in [6.45, 7) is 12.9. The van der Waals surface area contributed by atoms with Crippen LogP contribution < -0.4 is 10.2 Å². The molecule has 18 aromatic rings. The van der Waals surface area contributed by atoms with E-state index in [0.717, 1.165) is 110 Å². The molecular weight excluding hydrogens is 1160 g/mol. The number of aromatic amines is 1. The minimum absolute atomic E-state index is 0.00747. The summed E-state index contributed by atoms with van der Waals surface area (Å²) in [6.07, 6.45) is 15.4. The van der Waals surface area contributed by atoms with E-state index in [-0.39, 0.29) is 5.43 Å². The van der Waals surface area contributed by atoms with Crippen LogP contribution in [-0.2, 0) is 0 Å². The number of fused-ring (bicyclic) bond motifs is 24. The van der Waals surface area contributed by atoms with Crippen molar-refractivity contribution >= 4 is 125 Å². The van der Waals surface area contributed by atoms with Crippen molar-refractivity contribution in [3.63, 3.8) is 0 Å². The number of ether oxygens (including phenoxy) is 1. The normalized spacial score (nSPS) is 11.8. The van der Waals surface area contributed by atoms with Crippen molar-refractivity contribution in [3.05, 3.63) is 268 Å². The van der Waals surface area contributed by atoms with Gasteiger partial charge in [-0.1, -0.05) is 93.8 Å². The van der Waals surface area contributed by atoms with Crippen molar-refractivity contribution in [1.29, 1.82) is 0 Å². The summed E-state index contributed by atoms with van der Waals surface area (Å²) in [6, 6.07) is 57.9. The number of aromatic nitrogens is 10. The van der Waals surface area contributed by atoms with Crippen LogP contribution in [0, 0.1) is 41.5 Å². The number of H-pyrrole nitrogens is 1. The summed E-state index contributed by atoms with van der Waals surface area (Å²) in [5.74, 6) is 1.49. The van der Waals surface area contributed by atoms with E-state index in [4.69, 9.17) is 19.7 Å². The van der Waals surface area contributed by atoms with Gasteiger partial charge in [-0.25, -0.2) is 19.9 Å². The fraction of sp³-hybridized carbons (Fsp3) is 0.0789. The topological polar surface area (TPSA) is 124 Å². The molecule has 0 saturated heterocycles. The molecule has 0 spiro atoms. The average Bonchev–Trinajstić information content (AvgIpc) is 1.86. The van der Waals surface area contributed by atoms with Crippen molar-refractivity contribution < 1.29 is 4.74 Å².